The summed E-state index contributed by atoms with van der Waals surface area (Å²) in [5.74, 6) is 0.661. The SMILES string of the molecule is CN(C)C1N[C@H]2CS(=O)(=O)C[C@H]2S1. The van der Waals surface area contributed by atoms with Crippen LogP contribution < -0.4 is 5.32 Å². The highest BCUT2D eigenvalue weighted by atomic mass is 32.2. The van der Waals surface area contributed by atoms with Crippen molar-refractivity contribution in [2.24, 2.45) is 0 Å². The van der Waals surface area contributed by atoms with Crippen molar-refractivity contribution >= 4 is 21.6 Å². The minimum absolute atomic E-state index is 0.169. The van der Waals surface area contributed by atoms with Crippen LogP contribution in [-0.4, -0.2) is 55.7 Å². The second-order valence-corrected chi connectivity index (χ2v) is 7.32. The summed E-state index contributed by atoms with van der Waals surface area (Å²) in [4.78, 5) is 2.08. The molecule has 2 saturated heterocycles. The Morgan fingerprint density at radius 2 is 2.08 bits per heavy atom. The van der Waals surface area contributed by atoms with Crippen LogP contribution in [0.5, 0.6) is 0 Å². The molecule has 0 aromatic carbocycles. The predicted molar refractivity (Wildman–Crippen MR) is 54.4 cm³/mol. The van der Waals surface area contributed by atoms with Gasteiger partial charge in [-0.05, 0) is 14.1 Å². The zero-order valence-corrected chi connectivity index (χ0v) is 9.36. The van der Waals surface area contributed by atoms with E-state index in [1.165, 1.54) is 0 Å². The van der Waals surface area contributed by atoms with Gasteiger partial charge >= 0.3 is 0 Å². The van der Waals surface area contributed by atoms with E-state index < -0.39 is 9.84 Å². The first kappa shape index (κ1) is 9.76. The highest BCUT2D eigenvalue weighted by Gasteiger charge is 2.45. The van der Waals surface area contributed by atoms with E-state index in [9.17, 15) is 8.42 Å². The van der Waals surface area contributed by atoms with Crippen LogP contribution in [0.15, 0.2) is 0 Å². The van der Waals surface area contributed by atoms with E-state index in [-0.39, 0.29) is 16.8 Å². The number of nitrogens with zero attached hydrogens (tertiary/aromatic N) is 1. The summed E-state index contributed by atoms with van der Waals surface area (Å²) in [6, 6.07) is 0.169. The topological polar surface area (TPSA) is 49.4 Å². The number of hydrogen-bond donors (Lipinski definition) is 1. The fraction of sp³-hybridized carbons (Fsp3) is 1.00. The lowest BCUT2D eigenvalue weighted by molar-refractivity contribution is 0.331. The normalized spacial score (nSPS) is 42.5. The van der Waals surface area contributed by atoms with Crippen molar-refractivity contribution in [1.82, 2.24) is 10.2 Å². The monoisotopic (exact) mass is 222 g/mol. The Morgan fingerprint density at radius 1 is 1.38 bits per heavy atom. The maximum Gasteiger partial charge on any atom is 0.153 e. The van der Waals surface area contributed by atoms with Crippen molar-refractivity contribution in [3.05, 3.63) is 0 Å². The summed E-state index contributed by atoms with van der Waals surface area (Å²) in [7, 11) is 1.24. The van der Waals surface area contributed by atoms with E-state index in [1.807, 2.05) is 14.1 Å². The van der Waals surface area contributed by atoms with Crippen molar-refractivity contribution in [2.45, 2.75) is 16.8 Å². The third kappa shape index (κ3) is 1.86. The van der Waals surface area contributed by atoms with Gasteiger partial charge in [0.05, 0.1) is 11.5 Å². The number of hydrogen-bond acceptors (Lipinski definition) is 5. The predicted octanol–water partition coefficient (Wildman–Crippen LogP) is -0.666. The summed E-state index contributed by atoms with van der Waals surface area (Å²) < 4.78 is 22.5. The minimum atomic E-state index is -2.76. The molecule has 76 valence electrons. The first-order valence-corrected chi connectivity index (χ1v) is 7.03. The van der Waals surface area contributed by atoms with Crippen molar-refractivity contribution in [1.29, 1.82) is 0 Å². The lowest BCUT2D eigenvalue weighted by Crippen LogP contribution is -2.40. The molecule has 1 N–H and O–H groups in total. The van der Waals surface area contributed by atoms with Gasteiger partial charge < -0.3 is 0 Å². The Bertz CT molecular complexity index is 282. The zero-order valence-electron chi connectivity index (χ0n) is 7.73. The Hall–Kier alpha value is 0.220. The van der Waals surface area contributed by atoms with Crippen LogP contribution in [-0.2, 0) is 9.84 Å². The average molecular weight is 222 g/mol. The van der Waals surface area contributed by atoms with Gasteiger partial charge in [0.2, 0.25) is 0 Å². The van der Waals surface area contributed by atoms with Gasteiger partial charge in [-0.1, -0.05) is 0 Å². The molecule has 6 heteroatoms. The average Bonchev–Trinajstić information content (AvgIpc) is 2.39. The van der Waals surface area contributed by atoms with Gasteiger partial charge in [-0.3, -0.25) is 10.2 Å². The Morgan fingerprint density at radius 3 is 2.62 bits per heavy atom. The molecule has 3 atom stereocenters. The van der Waals surface area contributed by atoms with Gasteiger partial charge in [0.15, 0.2) is 9.84 Å². The molecule has 0 aromatic rings. The van der Waals surface area contributed by atoms with Crippen LogP contribution in [0, 0.1) is 0 Å². The van der Waals surface area contributed by atoms with E-state index in [1.54, 1.807) is 11.8 Å². The molecule has 0 saturated carbocycles. The molecule has 0 spiro atoms. The molecule has 0 radical (unpaired) electrons. The Balaban J connectivity index is 2.05. The second kappa shape index (κ2) is 3.12. The third-order valence-electron chi connectivity index (χ3n) is 2.43. The lowest BCUT2D eigenvalue weighted by Gasteiger charge is -2.19. The largest absolute Gasteiger partial charge is 0.288 e. The van der Waals surface area contributed by atoms with Gasteiger partial charge in [-0.15, -0.1) is 11.8 Å². The standard InChI is InChI=1S/C7H14N2O2S2/c1-9(2)7-8-5-3-13(10,11)4-6(5)12-7/h5-8H,3-4H2,1-2H3/t5-,6+,7?/m0/s1. The summed E-state index contributed by atoms with van der Waals surface area (Å²) in [5.41, 5.74) is 0.283. The van der Waals surface area contributed by atoms with Crippen LogP contribution in [0.25, 0.3) is 0 Å². The van der Waals surface area contributed by atoms with Gasteiger partial charge in [0, 0.05) is 11.3 Å². The smallest absolute Gasteiger partial charge is 0.153 e. The lowest BCUT2D eigenvalue weighted by atomic mass is 10.3. The minimum Gasteiger partial charge on any atom is -0.288 e. The maximum atomic E-state index is 11.3. The van der Waals surface area contributed by atoms with E-state index >= 15 is 0 Å². The van der Waals surface area contributed by atoms with Gasteiger partial charge in [0.25, 0.3) is 0 Å². The van der Waals surface area contributed by atoms with Crippen LogP contribution in [0.2, 0.25) is 0 Å². The molecular formula is C7H14N2O2S2. The second-order valence-electron chi connectivity index (χ2n) is 3.84. The molecule has 0 bridgehead atoms. The quantitative estimate of drug-likeness (QED) is 0.638. The molecule has 2 aliphatic rings. The molecule has 2 aliphatic heterocycles. The summed E-state index contributed by atoms with van der Waals surface area (Å²) >= 11 is 1.73. The molecule has 0 aromatic heterocycles. The van der Waals surface area contributed by atoms with Crippen LogP contribution in [0.4, 0.5) is 0 Å². The Kier molecular flexibility index (Phi) is 2.34. The molecule has 0 amide bonds. The summed E-state index contributed by atoms with van der Waals surface area (Å²) in [5, 5.41) is 3.58. The van der Waals surface area contributed by atoms with E-state index in [4.69, 9.17) is 0 Å². The molecule has 2 heterocycles. The van der Waals surface area contributed by atoms with Crippen LogP contribution >= 0.6 is 11.8 Å². The van der Waals surface area contributed by atoms with Crippen LogP contribution in [0.3, 0.4) is 0 Å². The summed E-state index contributed by atoms with van der Waals surface area (Å²) in [6.07, 6.45) is 0. The van der Waals surface area contributed by atoms with Crippen LogP contribution in [0.1, 0.15) is 0 Å². The van der Waals surface area contributed by atoms with Crippen molar-refractivity contribution in [3.8, 4) is 0 Å². The zero-order chi connectivity index (χ0) is 9.64. The van der Waals surface area contributed by atoms with Crippen molar-refractivity contribution < 1.29 is 8.42 Å². The summed E-state index contributed by atoms with van der Waals surface area (Å²) in [6.45, 7) is 0. The Labute approximate surface area is 83.0 Å². The van der Waals surface area contributed by atoms with Gasteiger partial charge in [-0.2, -0.15) is 0 Å². The number of rotatable bonds is 1. The van der Waals surface area contributed by atoms with Gasteiger partial charge in [-0.25, -0.2) is 8.42 Å². The first-order chi connectivity index (χ1) is 5.98. The highest BCUT2D eigenvalue weighted by Crippen LogP contribution is 2.34. The van der Waals surface area contributed by atoms with E-state index in [2.05, 4.69) is 10.2 Å². The maximum absolute atomic E-state index is 11.3. The van der Waals surface area contributed by atoms with E-state index in [0.29, 0.717) is 11.5 Å². The molecular weight excluding hydrogens is 208 g/mol. The molecule has 2 fully saturated rings. The number of sulfone groups is 1. The fourth-order valence-corrected chi connectivity index (χ4v) is 5.76. The molecule has 1 unspecified atom stereocenters. The molecule has 2 rings (SSSR count). The number of thioether (sulfide) groups is 1. The fourth-order valence-electron chi connectivity index (χ4n) is 1.76. The number of fused-ring (bicyclic) bond motifs is 1. The van der Waals surface area contributed by atoms with E-state index in [0.717, 1.165) is 0 Å². The highest BCUT2D eigenvalue weighted by molar-refractivity contribution is 8.02. The molecule has 13 heavy (non-hydrogen) atoms. The molecule has 0 aliphatic carbocycles. The van der Waals surface area contributed by atoms with Crippen molar-refractivity contribution in [2.75, 3.05) is 25.6 Å². The molecule has 4 nitrogen and oxygen atoms in total. The first-order valence-electron chi connectivity index (χ1n) is 4.26. The third-order valence-corrected chi connectivity index (χ3v) is 6.04. The van der Waals surface area contributed by atoms with Gasteiger partial charge in [0.1, 0.15) is 5.50 Å². The number of nitrogens with one attached hydrogen (secondary N) is 1. The van der Waals surface area contributed by atoms with Crippen molar-refractivity contribution in [3.63, 3.8) is 0 Å².